The van der Waals surface area contributed by atoms with Crippen LogP contribution in [0.5, 0.6) is 0 Å². The molecule has 1 aliphatic rings. The van der Waals surface area contributed by atoms with Crippen molar-refractivity contribution in [2.75, 3.05) is 6.54 Å². The van der Waals surface area contributed by atoms with Gasteiger partial charge in [0.25, 0.3) is 0 Å². The van der Waals surface area contributed by atoms with Crippen molar-refractivity contribution in [2.24, 2.45) is 5.73 Å². The average Bonchev–Trinajstić information content (AvgIpc) is 2.29. The van der Waals surface area contributed by atoms with Crippen molar-refractivity contribution in [1.29, 1.82) is 0 Å². The van der Waals surface area contributed by atoms with Crippen molar-refractivity contribution in [1.82, 2.24) is 10.6 Å². The number of urea groups is 1. The molecule has 4 N–H and O–H groups in total. The van der Waals surface area contributed by atoms with Crippen LogP contribution in [-0.2, 0) is 0 Å². The minimum atomic E-state index is -0.0350. The molecule has 0 spiro atoms. The number of carbonyl (C=O) groups is 1. The molecule has 4 nitrogen and oxygen atoms in total. The van der Waals surface area contributed by atoms with E-state index in [0.717, 1.165) is 32.1 Å². The predicted molar refractivity (Wildman–Crippen MR) is 74.0 cm³/mol. The maximum Gasteiger partial charge on any atom is 0.315 e. The molecule has 0 aliphatic heterocycles. The molecule has 5 heteroatoms. The van der Waals surface area contributed by atoms with Gasteiger partial charge < -0.3 is 16.4 Å². The van der Waals surface area contributed by atoms with E-state index in [-0.39, 0.29) is 6.03 Å². The van der Waals surface area contributed by atoms with Crippen LogP contribution in [0.15, 0.2) is 0 Å². The zero-order valence-electron chi connectivity index (χ0n) is 10.3. The highest BCUT2D eigenvalue weighted by atomic mass is 32.1. The SMILES string of the molecule is NC(=S)CCCCNC(=O)NC1CCCCC1. The fourth-order valence-electron chi connectivity index (χ4n) is 2.11. The maximum atomic E-state index is 11.5. The minimum absolute atomic E-state index is 0.0350. The van der Waals surface area contributed by atoms with Crippen LogP contribution in [0.3, 0.4) is 0 Å². The Balaban J connectivity index is 1.98. The van der Waals surface area contributed by atoms with Gasteiger partial charge in [0.1, 0.15) is 0 Å². The second-order valence-electron chi connectivity index (χ2n) is 4.66. The smallest absolute Gasteiger partial charge is 0.315 e. The Bertz CT molecular complexity index is 252. The number of nitrogens with one attached hydrogen (secondary N) is 2. The Morgan fingerprint density at radius 1 is 1.24 bits per heavy atom. The Labute approximate surface area is 109 Å². The average molecular weight is 257 g/mol. The topological polar surface area (TPSA) is 67.1 Å². The highest BCUT2D eigenvalue weighted by molar-refractivity contribution is 7.80. The van der Waals surface area contributed by atoms with Crippen molar-refractivity contribution in [3.05, 3.63) is 0 Å². The van der Waals surface area contributed by atoms with Crippen LogP contribution in [0.25, 0.3) is 0 Å². The molecular formula is C12H23N3OS. The Kier molecular flexibility index (Phi) is 6.93. The maximum absolute atomic E-state index is 11.5. The van der Waals surface area contributed by atoms with Crippen LogP contribution in [0.1, 0.15) is 51.4 Å². The van der Waals surface area contributed by atoms with E-state index in [2.05, 4.69) is 10.6 Å². The first-order valence-electron chi connectivity index (χ1n) is 6.51. The minimum Gasteiger partial charge on any atom is -0.393 e. The lowest BCUT2D eigenvalue weighted by atomic mass is 9.96. The van der Waals surface area contributed by atoms with Gasteiger partial charge in [0.05, 0.1) is 4.99 Å². The van der Waals surface area contributed by atoms with E-state index in [4.69, 9.17) is 18.0 Å². The lowest BCUT2D eigenvalue weighted by molar-refractivity contribution is 0.232. The second kappa shape index (κ2) is 8.28. The highest BCUT2D eigenvalue weighted by Crippen LogP contribution is 2.17. The monoisotopic (exact) mass is 257 g/mol. The lowest BCUT2D eigenvalue weighted by Gasteiger charge is -2.22. The lowest BCUT2D eigenvalue weighted by Crippen LogP contribution is -2.43. The van der Waals surface area contributed by atoms with Gasteiger partial charge in [0.15, 0.2) is 0 Å². The zero-order chi connectivity index (χ0) is 12.5. The first kappa shape index (κ1) is 14.2. The van der Waals surface area contributed by atoms with E-state index in [0.29, 0.717) is 17.6 Å². The molecule has 1 fully saturated rings. The van der Waals surface area contributed by atoms with Crippen LogP contribution in [0.4, 0.5) is 4.79 Å². The number of rotatable bonds is 6. The second-order valence-corrected chi connectivity index (χ2v) is 5.18. The summed E-state index contributed by atoms with van der Waals surface area (Å²) in [6, 6.07) is 0.340. The normalized spacial score (nSPS) is 16.5. The molecule has 0 unspecified atom stereocenters. The molecule has 2 amide bonds. The van der Waals surface area contributed by atoms with Gasteiger partial charge in [-0.1, -0.05) is 31.5 Å². The summed E-state index contributed by atoms with van der Waals surface area (Å²) in [5.74, 6) is 0. The van der Waals surface area contributed by atoms with Crippen molar-refractivity contribution in [3.8, 4) is 0 Å². The summed E-state index contributed by atoms with van der Waals surface area (Å²) < 4.78 is 0. The number of hydrogen-bond donors (Lipinski definition) is 3. The molecular weight excluding hydrogens is 234 g/mol. The van der Waals surface area contributed by atoms with Crippen molar-refractivity contribution in [3.63, 3.8) is 0 Å². The summed E-state index contributed by atoms with van der Waals surface area (Å²) in [7, 11) is 0. The first-order valence-corrected chi connectivity index (χ1v) is 6.92. The number of thiocarbonyl (C=S) groups is 1. The highest BCUT2D eigenvalue weighted by Gasteiger charge is 2.14. The van der Waals surface area contributed by atoms with Crippen LogP contribution in [-0.4, -0.2) is 23.6 Å². The van der Waals surface area contributed by atoms with Crippen LogP contribution >= 0.6 is 12.2 Å². The van der Waals surface area contributed by atoms with Crippen LogP contribution < -0.4 is 16.4 Å². The Morgan fingerprint density at radius 2 is 1.94 bits per heavy atom. The number of hydrogen-bond acceptors (Lipinski definition) is 2. The fraction of sp³-hybridized carbons (Fsp3) is 0.833. The summed E-state index contributed by atoms with van der Waals surface area (Å²) in [5, 5.41) is 5.89. The quantitative estimate of drug-likeness (QED) is 0.504. The molecule has 1 aliphatic carbocycles. The van der Waals surface area contributed by atoms with Crippen LogP contribution in [0.2, 0.25) is 0 Å². The zero-order valence-corrected chi connectivity index (χ0v) is 11.2. The third kappa shape index (κ3) is 7.15. The van der Waals surface area contributed by atoms with E-state index in [1.54, 1.807) is 0 Å². The third-order valence-electron chi connectivity index (χ3n) is 3.08. The van der Waals surface area contributed by atoms with Gasteiger partial charge in [-0.3, -0.25) is 0 Å². The molecule has 0 atom stereocenters. The van der Waals surface area contributed by atoms with Gasteiger partial charge in [-0.15, -0.1) is 0 Å². The first-order chi connectivity index (χ1) is 8.18. The van der Waals surface area contributed by atoms with Gasteiger partial charge >= 0.3 is 6.03 Å². The van der Waals surface area contributed by atoms with Gasteiger partial charge in [-0.25, -0.2) is 4.79 Å². The van der Waals surface area contributed by atoms with E-state index in [1.807, 2.05) is 0 Å². The van der Waals surface area contributed by atoms with E-state index >= 15 is 0 Å². The third-order valence-corrected chi connectivity index (χ3v) is 3.28. The molecule has 17 heavy (non-hydrogen) atoms. The molecule has 0 aromatic rings. The molecule has 1 saturated carbocycles. The standard InChI is InChI=1S/C12H23N3OS/c13-11(17)8-4-5-9-14-12(16)15-10-6-2-1-3-7-10/h10H,1-9H2,(H2,13,17)(H2,14,15,16). The van der Waals surface area contributed by atoms with Gasteiger partial charge in [-0.2, -0.15) is 0 Å². The largest absolute Gasteiger partial charge is 0.393 e. The fourth-order valence-corrected chi connectivity index (χ4v) is 2.25. The predicted octanol–water partition coefficient (Wildman–Crippen LogP) is 2.07. The van der Waals surface area contributed by atoms with E-state index in [9.17, 15) is 4.79 Å². The number of nitrogens with two attached hydrogens (primary N) is 1. The van der Waals surface area contributed by atoms with Gasteiger partial charge in [0.2, 0.25) is 0 Å². The summed E-state index contributed by atoms with van der Waals surface area (Å²) in [6.45, 7) is 0.696. The number of unbranched alkanes of at least 4 members (excludes halogenated alkanes) is 1. The molecule has 0 aromatic heterocycles. The van der Waals surface area contributed by atoms with Crippen molar-refractivity contribution < 1.29 is 4.79 Å². The Morgan fingerprint density at radius 3 is 2.59 bits per heavy atom. The molecule has 0 aromatic carbocycles. The van der Waals surface area contributed by atoms with Gasteiger partial charge in [-0.05, 0) is 32.1 Å². The molecule has 0 radical (unpaired) electrons. The summed E-state index contributed by atoms with van der Waals surface area (Å²) in [4.78, 5) is 12.1. The van der Waals surface area contributed by atoms with Gasteiger partial charge in [0, 0.05) is 12.6 Å². The van der Waals surface area contributed by atoms with E-state index in [1.165, 1.54) is 19.3 Å². The molecule has 0 heterocycles. The van der Waals surface area contributed by atoms with E-state index < -0.39 is 0 Å². The molecule has 0 saturated heterocycles. The Hall–Kier alpha value is -0.840. The molecule has 1 rings (SSSR count). The molecule has 0 bridgehead atoms. The number of amides is 2. The van der Waals surface area contributed by atoms with Crippen LogP contribution in [0, 0.1) is 0 Å². The molecule has 98 valence electrons. The summed E-state index contributed by atoms with van der Waals surface area (Å²) in [5.41, 5.74) is 5.39. The number of carbonyl (C=O) groups excluding carboxylic acids is 1. The van der Waals surface area contributed by atoms with Crippen molar-refractivity contribution >= 4 is 23.2 Å². The van der Waals surface area contributed by atoms with Crippen molar-refractivity contribution in [2.45, 2.75) is 57.4 Å². The summed E-state index contributed by atoms with van der Waals surface area (Å²) >= 11 is 4.78. The summed E-state index contributed by atoms with van der Waals surface area (Å²) in [6.07, 6.45) is 8.65.